The summed E-state index contributed by atoms with van der Waals surface area (Å²) < 4.78 is 0. The van der Waals surface area contributed by atoms with E-state index in [1.807, 2.05) is 35.3 Å². The monoisotopic (exact) mass is 410 g/mol. The third-order valence-electron chi connectivity index (χ3n) is 6.99. The number of thiazole rings is 1. The Bertz CT molecular complexity index is 857. The van der Waals surface area contributed by atoms with Gasteiger partial charge in [0.15, 0.2) is 0 Å². The molecule has 4 heterocycles. The van der Waals surface area contributed by atoms with Crippen molar-refractivity contribution in [1.82, 2.24) is 19.8 Å². The summed E-state index contributed by atoms with van der Waals surface area (Å²) in [7, 11) is 0. The lowest BCUT2D eigenvalue weighted by Gasteiger charge is -2.36. The Hall–Kier alpha value is -1.79. The van der Waals surface area contributed by atoms with Crippen molar-refractivity contribution in [1.29, 1.82) is 0 Å². The fourth-order valence-corrected chi connectivity index (χ4v) is 6.15. The van der Waals surface area contributed by atoms with E-state index in [0.29, 0.717) is 11.6 Å². The second-order valence-electron chi connectivity index (χ2n) is 8.78. The summed E-state index contributed by atoms with van der Waals surface area (Å²) in [6.07, 6.45) is 10.2. The first-order valence-electron chi connectivity index (χ1n) is 11.1. The van der Waals surface area contributed by atoms with E-state index in [1.54, 1.807) is 6.20 Å². The molecule has 29 heavy (non-hydrogen) atoms. The molecule has 5 rings (SSSR count). The van der Waals surface area contributed by atoms with Crippen LogP contribution in [0.2, 0.25) is 0 Å². The maximum atomic E-state index is 12.8. The van der Waals surface area contributed by atoms with Crippen molar-refractivity contribution >= 4 is 17.2 Å². The van der Waals surface area contributed by atoms with E-state index in [9.17, 15) is 4.79 Å². The molecule has 5 nitrogen and oxygen atoms in total. The summed E-state index contributed by atoms with van der Waals surface area (Å²) in [5.74, 6) is 0.580. The molecule has 0 N–H and O–H groups in total. The Morgan fingerprint density at radius 1 is 1.10 bits per heavy atom. The van der Waals surface area contributed by atoms with Crippen LogP contribution in [0.15, 0.2) is 18.3 Å². The van der Waals surface area contributed by atoms with E-state index in [4.69, 9.17) is 4.98 Å². The number of carbonyl (C=O) groups excluding carboxylic acids is 1. The molecule has 0 radical (unpaired) electrons. The molecule has 154 valence electrons. The molecule has 0 bridgehead atoms. The number of pyridine rings is 1. The molecule has 1 amide bonds. The second-order valence-corrected chi connectivity index (χ2v) is 9.89. The first kappa shape index (κ1) is 19.2. The third kappa shape index (κ3) is 3.84. The zero-order valence-corrected chi connectivity index (χ0v) is 18.1. The highest BCUT2D eigenvalue weighted by molar-refractivity contribution is 7.11. The number of carbonyl (C=O) groups is 1. The van der Waals surface area contributed by atoms with Gasteiger partial charge in [-0.25, -0.2) is 4.98 Å². The van der Waals surface area contributed by atoms with Gasteiger partial charge in [0.05, 0.1) is 10.7 Å². The van der Waals surface area contributed by atoms with Gasteiger partial charge in [-0.1, -0.05) is 12.5 Å². The zero-order chi connectivity index (χ0) is 19.8. The van der Waals surface area contributed by atoms with Gasteiger partial charge in [-0.2, -0.15) is 0 Å². The van der Waals surface area contributed by atoms with Crippen molar-refractivity contribution in [2.24, 2.45) is 0 Å². The summed E-state index contributed by atoms with van der Waals surface area (Å²) in [6, 6.07) is 4.69. The maximum Gasteiger partial charge on any atom is 0.272 e. The number of likely N-dealkylation sites (tertiary alicyclic amines) is 1. The van der Waals surface area contributed by atoms with E-state index in [0.717, 1.165) is 44.0 Å². The van der Waals surface area contributed by atoms with Gasteiger partial charge in [-0.15, -0.1) is 11.3 Å². The molecule has 2 aromatic heterocycles. The van der Waals surface area contributed by atoms with Gasteiger partial charge in [-0.3, -0.25) is 14.7 Å². The van der Waals surface area contributed by atoms with E-state index < -0.39 is 0 Å². The van der Waals surface area contributed by atoms with Gasteiger partial charge < -0.3 is 4.90 Å². The van der Waals surface area contributed by atoms with Crippen LogP contribution in [0, 0.1) is 6.92 Å². The summed E-state index contributed by atoms with van der Waals surface area (Å²) in [4.78, 5) is 28.4. The number of fused-ring (bicyclic) bond motifs is 1. The highest BCUT2D eigenvalue weighted by Crippen LogP contribution is 2.35. The van der Waals surface area contributed by atoms with Crippen molar-refractivity contribution in [2.75, 3.05) is 26.2 Å². The molecule has 2 aromatic rings. The molecule has 1 aliphatic carbocycles. The van der Waals surface area contributed by atoms with Gasteiger partial charge in [0.25, 0.3) is 5.91 Å². The molecule has 2 aliphatic heterocycles. The molecule has 1 saturated carbocycles. The van der Waals surface area contributed by atoms with Crippen LogP contribution in [0.5, 0.6) is 0 Å². The third-order valence-corrected chi connectivity index (χ3v) is 8.31. The molecular weight excluding hydrogens is 380 g/mol. The van der Waals surface area contributed by atoms with Crippen molar-refractivity contribution in [3.8, 4) is 0 Å². The van der Waals surface area contributed by atoms with Crippen LogP contribution in [0.3, 0.4) is 0 Å². The van der Waals surface area contributed by atoms with Crippen LogP contribution in [0.25, 0.3) is 0 Å². The Labute approximate surface area is 177 Å². The Morgan fingerprint density at radius 3 is 2.62 bits per heavy atom. The van der Waals surface area contributed by atoms with E-state index in [-0.39, 0.29) is 5.91 Å². The number of aryl methyl sites for hydroxylation is 1. The maximum absolute atomic E-state index is 12.8. The van der Waals surface area contributed by atoms with Crippen LogP contribution in [0.1, 0.15) is 69.7 Å². The number of nitrogens with zero attached hydrogens (tertiary/aromatic N) is 4. The first-order chi connectivity index (χ1) is 14.2. The fourth-order valence-electron chi connectivity index (χ4n) is 4.88. The second kappa shape index (κ2) is 8.15. The van der Waals surface area contributed by atoms with Gasteiger partial charge >= 0.3 is 0 Å². The van der Waals surface area contributed by atoms with Crippen LogP contribution < -0.4 is 0 Å². The van der Waals surface area contributed by atoms with Gasteiger partial charge in [0, 0.05) is 55.6 Å². The quantitative estimate of drug-likeness (QED) is 0.772. The van der Waals surface area contributed by atoms with E-state index in [2.05, 4.69) is 9.88 Å². The molecule has 0 unspecified atom stereocenters. The largest absolute Gasteiger partial charge is 0.337 e. The summed E-state index contributed by atoms with van der Waals surface area (Å²) >= 11 is 1.95. The lowest BCUT2D eigenvalue weighted by atomic mass is 9.91. The molecule has 1 saturated heterocycles. The minimum atomic E-state index is 0.0764. The lowest BCUT2D eigenvalue weighted by molar-refractivity contribution is 0.0706. The van der Waals surface area contributed by atoms with Crippen LogP contribution in [-0.4, -0.2) is 57.9 Å². The van der Waals surface area contributed by atoms with Crippen molar-refractivity contribution in [2.45, 2.75) is 63.8 Å². The van der Waals surface area contributed by atoms with Crippen LogP contribution in [-0.2, 0) is 12.8 Å². The number of hydrogen-bond donors (Lipinski definition) is 0. The topological polar surface area (TPSA) is 49.3 Å². The fraction of sp³-hybridized carbons (Fsp3) is 0.609. The molecular formula is C23H30N4OS. The molecule has 0 aromatic carbocycles. The van der Waals surface area contributed by atoms with Gasteiger partial charge in [0.2, 0.25) is 0 Å². The molecule has 2 fully saturated rings. The van der Waals surface area contributed by atoms with E-state index >= 15 is 0 Å². The highest BCUT2D eigenvalue weighted by atomic mass is 32.1. The summed E-state index contributed by atoms with van der Waals surface area (Å²) in [5.41, 5.74) is 2.91. The molecule has 6 heteroatoms. The number of rotatable bonds is 3. The smallest absolute Gasteiger partial charge is 0.272 e. The SMILES string of the molecule is Cc1cccnc1C(=O)N1CCC(c2nc3c(s2)CCN(C2CCC2)CC3)CC1. The predicted octanol–water partition coefficient (Wildman–Crippen LogP) is 3.82. The average molecular weight is 411 g/mol. The predicted molar refractivity (Wildman–Crippen MR) is 116 cm³/mol. The molecule has 0 atom stereocenters. The summed E-state index contributed by atoms with van der Waals surface area (Å²) in [6.45, 7) is 5.95. The van der Waals surface area contributed by atoms with Crippen molar-refractivity contribution in [3.63, 3.8) is 0 Å². The Balaban J connectivity index is 1.20. The minimum absolute atomic E-state index is 0.0764. The first-order valence-corrected chi connectivity index (χ1v) is 11.9. The zero-order valence-electron chi connectivity index (χ0n) is 17.3. The Morgan fingerprint density at radius 2 is 1.90 bits per heavy atom. The van der Waals surface area contributed by atoms with Crippen molar-refractivity contribution < 1.29 is 4.79 Å². The van der Waals surface area contributed by atoms with Crippen LogP contribution >= 0.6 is 11.3 Å². The number of aromatic nitrogens is 2. The molecule has 3 aliphatic rings. The number of hydrogen-bond acceptors (Lipinski definition) is 5. The van der Waals surface area contributed by atoms with E-state index in [1.165, 1.54) is 54.4 Å². The van der Waals surface area contributed by atoms with Gasteiger partial charge in [0.1, 0.15) is 5.69 Å². The standard InChI is InChI=1S/C23H30N4OS/c1-16-4-3-11-24-21(16)23(28)27-12-7-17(8-13-27)22-25-19-9-14-26(18-5-2-6-18)15-10-20(19)29-22/h3-4,11,17-18H,2,5-10,12-15H2,1H3. The van der Waals surface area contributed by atoms with Gasteiger partial charge in [-0.05, 0) is 50.7 Å². The minimum Gasteiger partial charge on any atom is -0.337 e. The normalized spacial score (nSPS) is 21.5. The lowest BCUT2D eigenvalue weighted by Crippen LogP contribution is -2.41. The van der Waals surface area contributed by atoms with Crippen molar-refractivity contribution in [3.05, 3.63) is 45.2 Å². The molecule has 0 spiro atoms. The summed E-state index contributed by atoms with van der Waals surface area (Å²) in [5, 5.41) is 1.31. The van der Waals surface area contributed by atoms with Crippen LogP contribution in [0.4, 0.5) is 0 Å². The Kier molecular flexibility index (Phi) is 5.39. The average Bonchev–Trinajstić information content (AvgIpc) is 3.02. The highest BCUT2D eigenvalue weighted by Gasteiger charge is 2.30. The number of amides is 1. The number of piperidine rings is 1.